The summed E-state index contributed by atoms with van der Waals surface area (Å²) < 4.78 is 0. The molecule has 1 heteroatoms. The van der Waals surface area contributed by atoms with E-state index in [9.17, 15) is 4.79 Å². The Bertz CT molecular complexity index is 455. The van der Waals surface area contributed by atoms with E-state index in [4.69, 9.17) is 0 Å². The van der Waals surface area contributed by atoms with Gasteiger partial charge in [0.2, 0.25) is 0 Å². The Morgan fingerprint density at radius 2 is 1.46 bits per heavy atom. The molecule has 8 atom stereocenters. The van der Waals surface area contributed by atoms with E-state index >= 15 is 0 Å². The maximum absolute atomic E-state index is 12.1. The number of Topliss-reactive ketones (excluding diaryl/α,β-unsaturated/α-hetero) is 1. The number of carbonyl (C=O) groups is 1. The molecule has 0 N–H and O–H groups in total. The van der Waals surface area contributed by atoms with E-state index in [0.717, 1.165) is 35.5 Å². The van der Waals surface area contributed by atoms with Crippen molar-refractivity contribution < 1.29 is 4.79 Å². The Morgan fingerprint density at radius 3 is 2.12 bits per heavy atom. The Balaban J connectivity index is 0.000000570. The van der Waals surface area contributed by atoms with Crippen LogP contribution in [0.1, 0.15) is 106 Å². The summed E-state index contributed by atoms with van der Waals surface area (Å²) in [5.74, 6) is 6.73. The summed E-state index contributed by atoms with van der Waals surface area (Å²) in [5.41, 5.74) is 0.349. The van der Waals surface area contributed by atoms with Crippen LogP contribution in [0, 0.1) is 46.8 Å². The molecule has 0 aromatic rings. The highest BCUT2D eigenvalue weighted by Crippen LogP contribution is 2.64. The maximum Gasteiger partial charge on any atom is 0.133 e. The number of ketones is 1. The topological polar surface area (TPSA) is 17.1 Å². The Morgan fingerprint density at radius 1 is 0.808 bits per heavy atom. The molecule has 0 aliphatic heterocycles. The van der Waals surface area contributed by atoms with Gasteiger partial charge < -0.3 is 0 Å². The maximum atomic E-state index is 12.1. The molecule has 4 rings (SSSR count). The van der Waals surface area contributed by atoms with E-state index in [2.05, 4.69) is 13.8 Å². The number of hydrogen-bond acceptors (Lipinski definition) is 1. The first kappa shape index (κ1) is 22.0. The molecule has 0 radical (unpaired) electrons. The van der Waals surface area contributed by atoms with Gasteiger partial charge in [-0.25, -0.2) is 0 Å². The third-order valence-electron chi connectivity index (χ3n) is 8.71. The first-order chi connectivity index (χ1) is 12.5. The lowest BCUT2D eigenvalue weighted by atomic mass is 9.49. The zero-order valence-electron chi connectivity index (χ0n) is 18.8. The van der Waals surface area contributed by atoms with E-state index < -0.39 is 0 Å². The summed E-state index contributed by atoms with van der Waals surface area (Å²) in [7, 11) is 0. The number of carbonyl (C=O) groups excluding carboxylic acids is 1. The standard InChI is InChI=1S/C21H34O.2C2H6/c1-13-4-6-16-15(12-13)5-7-18-17(16)10-11-21(3)19(14(2)22)8-9-20(18)21;2*1-2/h13,15-20H,4-12H2,1-3H3;2*1-2H3/t13-,15?,16?,17?,18?,19+,20?,21+;;/m0../s1. The van der Waals surface area contributed by atoms with Gasteiger partial charge in [-0.3, -0.25) is 4.79 Å². The summed E-state index contributed by atoms with van der Waals surface area (Å²) in [5, 5.41) is 0. The summed E-state index contributed by atoms with van der Waals surface area (Å²) in [4.78, 5) is 12.1. The smallest absolute Gasteiger partial charge is 0.133 e. The van der Waals surface area contributed by atoms with Gasteiger partial charge in [-0.2, -0.15) is 0 Å². The fourth-order valence-corrected chi connectivity index (χ4v) is 7.76. The molecular weight excluding hydrogens is 316 g/mol. The third kappa shape index (κ3) is 3.79. The normalized spacial score (nSPS) is 46.3. The Labute approximate surface area is 164 Å². The van der Waals surface area contributed by atoms with Crippen LogP contribution in [-0.2, 0) is 4.79 Å². The van der Waals surface area contributed by atoms with Crippen molar-refractivity contribution >= 4 is 5.78 Å². The summed E-state index contributed by atoms with van der Waals surface area (Å²) >= 11 is 0. The lowest BCUT2D eigenvalue weighted by Gasteiger charge is -2.56. The van der Waals surface area contributed by atoms with Gasteiger partial charge in [0.25, 0.3) is 0 Å². The van der Waals surface area contributed by atoms with Crippen molar-refractivity contribution in [3.05, 3.63) is 0 Å². The van der Waals surface area contributed by atoms with Crippen LogP contribution in [0.4, 0.5) is 0 Å². The van der Waals surface area contributed by atoms with E-state index in [-0.39, 0.29) is 0 Å². The van der Waals surface area contributed by atoms with Gasteiger partial charge in [0.15, 0.2) is 0 Å². The Hall–Kier alpha value is -0.330. The molecule has 4 aliphatic carbocycles. The molecule has 0 spiro atoms. The number of rotatable bonds is 1. The van der Waals surface area contributed by atoms with Crippen LogP contribution in [0.15, 0.2) is 0 Å². The zero-order valence-corrected chi connectivity index (χ0v) is 18.8. The minimum atomic E-state index is 0.349. The van der Waals surface area contributed by atoms with Crippen LogP contribution >= 0.6 is 0 Å². The van der Waals surface area contributed by atoms with Gasteiger partial charge >= 0.3 is 0 Å². The van der Waals surface area contributed by atoms with Gasteiger partial charge in [0.1, 0.15) is 5.78 Å². The number of hydrogen-bond donors (Lipinski definition) is 0. The summed E-state index contributed by atoms with van der Waals surface area (Å²) in [6.45, 7) is 14.8. The molecule has 5 unspecified atom stereocenters. The average molecular weight is 363 g/mol. The SMILES string of the molecule is CC.CC.CC(=O)[C@H]1CCC2C3CCC4C[C@@H](C)CCC4C3CC[C@@]21C. The molecule has 4 aliphatic rings. The fraction of sp³-hybridized carbons (Fsp3) is 0.960. The first-order valence-electron chi connectivity index (χ1n) is 12.0. The molecule has 0 aromatic carbocycles. The van der Waals surface area contributed by atoms with Crippen LogP contribution in [0.25, 0.3) is 0 Å². The average Bonchev–Trinajstić information content (AvgIpc) is 3.02. The van der Waals surface area contributed by atoms with Gasteiger partial charge in [0, 0.05) is 5.92 Å². The third-order valence-corrected chi connectivity index (χ3v) is 8.71. The van der Waals surface area contributed by atoms with Crippen LogP contribution in [-0.4, -0.2) is 5.78 Å². The molecule has 0 saturated heterocycles. The van der Waals surface area contributed by atoms with Crippen molar-refractivity contribution in [2.75, 3.05) is 0 Å². The molecular formula is C25H46O. The molecule has 152 valence electrons. The molecule has 0 heterocycles. The van der Waals surface area contributed by atoms with Crippen molar-refractivity contribution in [1.82, 2.24) is 0 Å². The monoisotopic (exact) mass is 362 g/mol. The van der Waals surface area contributed by atoms with Crippen molar-refractivity contribution in [2.24, 2.45) is 46.8 Å². The molecule has 0 amide bonds. The highest BCUT2D eigenvalue weighted by Gasteiger charge is 2.57. The van der Waals surface area contributed by atoms with Gasteiger partial charge in [-0.05, 0) is 99.2 Å². The van der Waals surface area contributed by atoms with Crippen LogP contribution < -0.4 is 0 Å². The van der Waals surface area contributed by atoms with Crippen molar-refractivity contribution in [2.45, 2.75) is 106 Å². The van der Waals surface area contributed by atoms with E-state index in [1.807, 2.05) is 34.6 Å². The molecule has 0 aromatic heterocycles. The Kier molecular flexibility index (Phi) is 7.81. The van der Waals surface area contributed by atoms with E-state index in [0.29, 0.717) is 17.1 Å². The fourth-order valence-electron chi connectivity index (χ4n) is 7.76. The highest BCUT2D eigenvalue weighted by atomic mass is 16.1. The van der Waals surface area contributed by atoms with Crippen LogP contribution in [0.5, 0.6) is 0 Å². The molecule has 26 heavy (non-hydrogen) atoms. The van der Waals surface area contributed by atoms with Gasteiger partial charge in [-0.15, -0.1) is 0 Å². The quantitative estimate of drug-likeness (QED) is 0.471. The van der Waals surface area contributed by atoms with E-state index in [1.165, 1.54) is 57.8 Å². The zero-order chi connectivity index (χ0) is 19.5. The second-order valence-electron chi connectivity index (χ2n) is 9.64. The lowest BCUT2D eigenvalue weighted by Crippen LogP contribution is -2.49. The minimum Gasteiger partial charge on any atom is -0.300 e. The summed E-state index contributed by atoms with van der Waals surface area (Å²) in [6, 6.07) is 0. The van der Waals surface area contributed by atoms with Crippen LogP contribution in [0.2, 0.25) is 0 Å². The number of fused-ring (bicyclic) bond motifs is 5. The predicted octanol–water partition coefficient (Wildman–Crippen LogP) is 7.53. The van der Waals surface area contributed by atoms with Crippen molar-refractivity contribution in [1.29, 1.82) is 0 Å². The highest BCUT2D eigenvalue weighted by molar-refractivity contribution is 5.79. The predicted molar refractivity (Wildman–Crippen MR) is 113 cm³/mol. The van der Waals surface area contributed by atoms with Crippen molar-refractivity contribution in [3.8, 4) is 0 Å². The van der Waals surface area contributed by atoms with Crippen LogP contribution in [0.3, 0.4) is 0 Å². The molecule has 4 fully saturated rings. The van der Waals surface area contributed by atoms with Gasteiger partial charge in [0.05, 0.1) is 0 Å². The minimum absolute atomic E-state index is 0.349. The molecule has 4 saturated carbocycles. The second-order valence-corrected chi connectivity index (χ2v) is 9.64. The second kappa shape index (κ2) is 9.24. The first-order valence-corrected chi connectivity index (χ1v) is 12.0. The van der Waals surface area contributed by atoms with Gasteiger partial charge in [-0.1, -0.05) is 48.0 Å². The largest absolute Gasteiger partial charge is 0.300 e. The van der Waals surface area contributed by atoms with Crippen molar-refractivity contribution in [3.63, 3.8) is 0 Å². The summed E-state index contributed by atoms with van der Waals surface area (Å²) in [6.07, 6.45) is 12.7. The van der Waals surface area contributed by atoms with E-state index in [1.54, 1.807) is 0 Å². The lowest BCUT2D eigenvalue weighted by molar-refractivity contribution is -0.128. The molecule has 0 bridgehead atoms. The molecule has 1 nitrogen and oxygen atoms in total.